The van der Waals surface area contributed by atoms with Crippen molar-refractivity contribution < 1.29 is 23.2 Å². The van der Waals surface area contributed by atoms with E-state index in [-0.39, 0.29) is 4.47 Å². The van der Waals surface area contributed by atoms with Gasteiger partial charge in [-0.2, -0.15) is 8.78 Å². The Labute approximate surface area is 107 Å². The maximum Gasteiger partial charge on any atom is 0.483 e. The van der Waals surface area contributed by atoms with E-state index in [0.717, 1.165) is 18.2 Å². The van der Waals surface area contributed by atoms with Crippen LogP contribution in [0.3, 0.4) is 0 Å². The third-order valence-corrected chi connectivity index (χ3v) is 2.57. The molecule has 0 saturated carbocycles. The minimum absolute atomic E-state index is 0.306. The first-order valence-electron chi connectivity index (χ1n) is 4.30. The van der Waals surface area contributed by atoms with Gasteiger partial charge in [-0.1, -0.05) is 6.07 Å². The molecular weight excluding hydrogens is 320 g/mol. The average molecular weight is 326 g/mol. The summed E-state index contributed by atoms with van der Waals surface area (Å²) < 4.78 is 30.0. The number of nitro groups is 1. The molecule has 0 aliphatic heterocycles. The smallest absolute Gasteiger partial charge is 0.424 e. The lowest BCUT2D eigenvalue weighted by Crippen LogP contribution is -2.47. The Kier molecular flexibility index (Phi) is 4.14. The molecule has 0 aromatic heterocycles. The molecule has 1 rings (SSSR count). The highest BCUT2D eigenvalue weighted by Gasteiger charge is 2.42. The maximum atomic E-state index is 13.1. The molecule has 0 aliphatic carbocycles. The van der Waals surface area contributed by atoms with Crippen LogP contribution < -0.4 is 16.0 Å². The lowest BCUT2D eigenvalue weighted by molar-refractivity contribution is -0.385. The number of hydrogen-bond acceptors (Lipinski definition) is 5. The highest BCUT2D eigenvalue weighted by molar-refractivity contribution is 9.10. The van der Waals surface area contributed by atoms with Crippen LogP contribution in [0.5, 0.6) is 5.75 Å². The van der Waals surface area contributed by atoms with E-state index in [1.165, 1.54) is 5.43 Å². The van der Waals surface area contributed by atoms with Gasteiger partial charge in [0.15, 0.2) is 0 Å². The summed E-state index contributed by atoms with van der Waals surface area (Å²) in [5.41, 5.74) is 0.744. The Morgan fingerprint density at radius 2 is 2.17 bits per heavy atom. The number of carbonyl (C=O) groups is 1. The molecule has 3 N–H and O–H groups in total. The Morgan fingerprint density at radius 3 is 2.67 bits per heavy atom. The number of alkyl halides is 2. The fourth-order valence-electron chi connectivity index (χ4n) is 0.988. The summed E-state index contributed by atoms with van der Waals surface area (Å²) in [6.45, 7) is 0. The summed E-state index contributed by atoms with van der Waals surface area (Å²) in [5, 5.41) is 10.6. The van der Waals surface area contributed by atoms with Crippen molar-refractivity contribution in [3.8, 4) is 5.75 Å². The van der Waals surface area contributed by atoms with Crippen LogP contribution in [-0.2, 0) is 4.79 Å². The monoisotopic (exact) mass is 325 g/mol. The largest absolute Gasteiger partial charge is 0.483 e. The molecule has 18 heavy (non-hydrogen) atoms. The summed E-state index contributed by atoms with van der Waals surface area (Å²) in [7, 11) is 0. The highest BCUT2D eigenvalue weighted by atomic mass is 79.9. The third kappa shape index (κ3) is 2.90. The van der Waals surface area contributed by atoms with E-state index in [4.69, 9.17) is 0 Å². The zero-order chi connectivity index (χ0) is 13.9. The molecule has 0 atom stereocenters. The molecule has 98 valence electrons. The van der Waals surface area contributed by atoms with Gasteiger partial charge in [0.05, 0.1) is 4.92 Å². The molecule has 0 radical (unpaired) electrons. The van der Waals surface area contributed by atoms with Crippen LogP contribution in [0.4, 0.5) is 14.5 Å². The Hall–Kier alpha value is -1.81. The van der Waals surface area contributed by atoms with Crippen molar-refractivity contribution in [3.63, 3.8) is 0 Å². The topological polar surface area (TPSA) is 107 Å². The van der Waals surface area contributed by atoms with Gasteiger partial charge in [-0.3, -0.25) is 20.3 Å². The number of hydrazine groups is 1. The van der Waals surface area contributed by atoms with Crippen molar-refractivity contribution in [2.45, 2.75) is 6.11 Å². The average Bonchev–Trinajstić information content (AvgIpc) is 2.30. The van der Waals surface area contributed by atoms with Crippen molar-refractivity contribution >= 4 is 27.5 Å². The van der Waals surface area contributed by atoms with E-state index in [2.05, 4.69) is 26.5 Å². The van der Waals surface area contributed by atoms with Gasteiger partial charge in [-0.15, -0.1) is 0 Å². The first-order valence-corrected chi connectivity index (χ1v) is 5.09. The predicted octanol–water partition coefficient (Wildman–Crippen LogP) is 1.32. The van der Waals surface area contributed by atoms with Gasteiger partial charge in [0.2, 0.25) is 0 Å². The van der Waals surface area contributed by atoms with Gasteiger partial charge in [0.1, 0.15) is 10.2 Å². The molecule has 1 amide bonds. The zero-order valence-electron chi connectivity index (χ0n) is 8.52. The number of nitro benzene ring substituents is 1. The second-order valence-corrected chi connectivity index (χ2v) is 3.73. The van der Waals surface area contributed by atoms with E-state index >= 15 is 0 Å². The first-order chi connectivity index (χ1) is 8.29. The first kappa shape index (κ1) is 14.3. The standard InChI is InChI=1S/C8H6BrF2N3O4/c9-6-4(14(16)17)2-1-3-5(6)18-8(10,11)7(15)13-12/h1-3H,12H2,(H,13,15). The quantitative estimate of drug-likeness (QED) is 0.375. The molecule has 0 unspecified atom stereocenters. The number of nitrogens with one attached hydrogen (secondary N) is 1. The number of nitrogens with two attached hydrogens (primary N) is 1. The van der Waals surface area contributed by atoms with Crippen LogP contribution in [0.15, 0.2) is 22.7 Å². The minimum atomic E-state index is -4.24. The number of carbonyl (C=O) groups excluding carboxylic acids is 1. The maximum absolute atomic E-state index is 13.1. The van der Waals surface area contributed by atoms with Crippen molar-refractivity contribution in [3.05, 3.63) is 32.8 Å². The van der Waals surface area contributed by atoms with Gasteiger partial charge in [-0.25, -0.2) is 5.84 Å². The van der Waals surface area contributed by atoms with E-state index in [1.807, 2.05) is 0 Å². The number of amides is 1. The lowest BCUT2D eigenvalue weighted by Gasteiger charge is -2.16. The van der Waals surface area contributed by atoms with Crippen LogP contribution in [-0.4, -0.2) is 16.9 Å². The van der Waals surface area contributed by atoms with Gasteiger partial charge in [0, 0.05) is 6.07 Å². The van der Waals surface area contributed by atoms with Gasteiger partial charge < -0.3 is 4.74 Å². The molecule has 7 nitrogen and oxygen atoms in total. The Balaban J connectivity index is 3.09. The number of ether oxygens (including phenoxy) is 1. The van der Waals surface area contributed by atoms with E-state index in [9.17, 15) is 23.7 Å². The molecule has 1 aromatic carbocycles. The van der Waals surface area contributed by atoms with Gasteiger partial charge >= 0.3 is 12.0 Å². The molecule has 0 spiro atoms. The van der Waals surface area contributed by atoms with Crippen LogP contribution >= 0.6 is 15.9 Å². The number of nitrogens with zero attached hydrogens (tertiary/aromatic N) is 1. The minimum Gasteiger partial charge on any atom is -0.424 e. The second kappa shape index (κ2) is 5.23. The second-order valence-electron chi connectivity index (χ2n) is 2.94. The summed E-state index contributed by atoms with van der Waals surface area (Å²) in [6, 6.07) is 3.25. The van der Waals surface area contributed by atoms with Crippen molar-refractivity contribution in [2.24, 2.45) is 5.84 Å². The van der Waals surface area contributed by atoms with Crippen molar-refractivity contribution in [1.82, 2.24) is 5.43 Å². The van der Waals surface area contributed by atoms with Crippen LogP contribution in [0, 0.1) is 10.1 Å². The number of hydrogen-bond donors (Lipinski definition) is 2. The Morgan fingerprint density at radius 1 is 1.56 bits per heavy atom. The van der Waals surface area contributed by atoms with Crippen LogP contribution in [0.1, 0.15) is 0 Å². The van der Waals surface area contributed by atoms with Gasteiger partial charge in [-0.05, 0) is 22.0 Å². The molecule has 0 fully saturated rings. The number of rotatable bonds is 4. The van der Waals surface area contributed by atoms with E-state index < -0.39 is 28.4 Å². The normalized spacial score (nSPS) is 10.9. The fraction of sp³-hybridized carbons (Fsp3) is 0.125. The number of benzene rings is 1. The van der Waals surface area contributed by atoms with E-state index in [0.29, 0.717) is 0 Å². The highest BCUT2D eigenvalue weighted by Crippen LogP contribution is 2.36. The van der Waals surface area contributed by atoms with Crippen LogP contribution in [0.2, 0.25) is 0 Å². The molecule has 10 heteroatoms. The molecule has 0 aliphatic rings. The summed E-state index contributed by atoms with van der Waals surface area (Å²) in [4.78, 5) is 20.5. The zero-order valence-corrected chi connectivity index (χ0v) is 10.1. The summed E-state index contributed by atoms with van der Waals surface area (Å²) >= 11 is 2.74. The summed E-state index contributed by atoms with van der Waals surface area (Å²) in [6.07, 6.45) is -4.24. The SMILES string of the molecule is NNC(=O)C(F)(F)Oc1cccc([N+](=O)[O-])c1Br. The predicted molar refractivity (Wildman–Crippen MR) is 58.7 cm³/mol. The fourth-order valence-corrected chi connectivity index (χ4v) is 1.48. The Bertz CT molecular complexity index is 497. The summed E-state index contributed by atoms with van der Waals surface area (Å²) in [5.74, 6) is 2.12. The van der Waals surface area contributed by atoms with Gasteiger partial charge in [0.25, 0.3) is 5.69 Å². The van der Waals surface area contributed by atoms with Crippen LogP contribution in [0.25, 0.3) is 0 Å². The lowest BCUT2D eigenvalue weighted by atomic mass is 10.3. The molecule has 0 heterocycles. The molecule has 0 saturated heterocycles. The molecule has 0 bridgehead atoms. The van der Waals surface area contributed by atoms with E-state index in [1.54, 1.807) is 0 Å². The number of halogens is 3. The third-order valence-electron chi connectivity index (χ3n) is 1.77. The van der Waals surface area contributed by atoms with Crippen molar-refractivity contribution in [2.75, 3.05) is 0 Å². The molecule has 1 aromatic rings. The van der Waals surface area contributed by atoms with Crippen molar-refractivity contribution in [1.29, 1.82) is 0 Å². The molecular formula is C8H6BrF2N3O4.